The summed E-state index contributed by atoms with van der Waals surface area (Å²) in [7, 11) is 0. The predicted molar refractivity (Wildman–Crippen MR) is 70.5 cm³/mol. The van der Waals surface area contributed by atoms with Crippen molar-refractivity contribution >= 4 is 39.9 Å². The van der Waals surface area contributed by atoms with Gasteiger partial charge in [-0.2, -0.15) is 0 Å². The quantitative estimate of drug-likeness (QED) is 0.827. The first-order valence-electron chi connectivity index (χ1n) is 5.39. The van der Waals surface area contributed by atoms with Gasteiger partial charge in [0, 0.05) is 11.3 Å². The summed E-state index contributed by atoms with van der Waals surface area (Å²) in [5.74, 6) is 0.619. The van der Waals surface area contributed by atoms with Crippen molar-refractivity contribution in [1.29, 1.82) is 0 Å². The molecule has 0 saturated heterocycles. The molecule has 0 aromatic carbocycles. The van der Waals surface area contributed by atoms with Gasteiger partial charge in [0.25, 0.3) is 0 Å². The molecule has 1 heterocycles. The molecule has 2 rings (SSSR count). The summed E-state index contributed by atoms with van der Waals surface area (Å²) in [5, 5.41) is 8.20. The molecule has 1 amide bonds. The second-order valence-corrected chi connectivity index (χ2v) is 4.92. The summed E-state index contributed by atoms with van der Waals surface area (Å²) in [6, 6.07) is 0. The topological polar surface area (TPSA) is 63.2 Å². The van der Waals surface area contributed by atoms with Gasteiger partial charge in [0.15, 0.2) is 10.2 Å². The second-order valence-electron chi connectivity index (χ2n) is 3.65. The maximum atomic E-state index is 11.1. The van der Waals surface area contributed by atoms with Crippen molar-refractivity contribution in [2.75, 3.05) is 11.9 Å². The van der Waals surface area contributed by atoms with Crippen molar-refractivity contribution in [2.45, 2.75) is 25.7 Å². The van der Waals surface area contributed by atoms with E-state index >= 15 is 0 Å². The molecular weight excluding hydrogens is 258 g/mol. The Morgan fingerprint density at radius 2 is 2.47 bits per heavy atom. The highest BCUT2D eigenvalue weighted by Crippen LogP contribution is 2.40. The number of rotatable bonds is 3. The van der Waals surface area contributed by atoms with Crippen molar-refractivity contribution in [2.24, 2.45) is 0 Å². The number of nitrogens with zero attached hydrogens (tertiary/aromatic N) is 1. The summed E-state index contributed by atoms with van der Waals surface area (Å²) in [4.78, 5) is 15.5. The van der Waals surface area contributed by atoms with Crippen LogP contribution in [0.2, 0.25) is 0 Å². The minimum absolute atomic E-state index is 0.208. The maximum absolute atomic E-state index is 11.1. The first kappa shape index (κ1) is 12.3. The van der Waals surface area contributed by atoms with E-state index in [9.17, 15) is 4.79 Å². The van der Waals surface area contributed by atoms with E-state index in [0.717, 1.165) is 5.69 Å². The number of amides is 1. The van der Waals surface area contributed by atoms with Crippen LogP contribution in [0.1, 0.15) is 31.4 Å². The Hall–Kier alpha value is -1.21. The van der Waals surface area contributed by atoms with Gasteiger partial charge in [-0.25, -0.2) is 9.78 Å². The zero-order valence-corrected chi connectivity index (χ0v) is 11.0. The minimum Gasteiger partial charge on any atom is -0.450 e. The maximum Gasteiger partial charge on any atom is 0.413 e. The number of anilines is 1. The zero-order chi connectivity index (χ0) is 12.3. The van der Waals surface area contributed by atoms with Crippen LogP contribution in [-0.2, 0) is 4.74 Å². The zero-order valence-electron chi connectivity index (χ0n) is 9.36. The van der Waals surface area contributed by atoms with Gasteiger partial charge in [0.1, 0.15) is 0 Å². The van der Waals surface area contributed by atoms with Gasteiger partial charge in [-0.15, -0.1) is 11.3 Å². The number of carbonyl (C=O) groups excluding carboxylic acids is 1. The van der Waals surface area contributed by atoms with Crippen LogP contribution in [0.25, 0.3) is 0 Å². The smallest absolute Gasteiger partial charge is 0.413 e. The van der Waals surface area contributed by atoms with Crippen LogP contribution in [0.15, 0.2) is 5.38 Å². The van der Waals surface area contributed by atoms with E-state index in [1.807, 2.05) is 5.38 Å². The predicted octanol–water partition coefficient (Wildman–Crippen LogP) is 2.46. The number of alkyl carbamates (subject to hydrolysis) is 1. The van der Waals surface area contributed by atoms with Gasteiger partial charge in [0.05, 0.1) is 12.3 Å². The van der Waals surface area contributed by atoms with E-state index < -0.39 is 6.09 Å². The fourth-order valence-corrected chi connectivity index (χ4v) is 2.34. The van der Waals surface area contributed by atoms with Crippen LogP contribution in [0.5, 0.6) is 0 Å². The van der Waals surface area contributed by atoms with E-state index in [2.05, 4.69) is 15.6 Å². The largest absolute Gasteiger partial charge is 0.450 e. The summed E-state index contributed by atoms with van der Waals surface area (Å²) in [6.07, 6.45) is 1.88. The van der Waals surface area contributed by atoms with Crippen LogP contribution < -0.4 is 10.6 Å². The standard InChI is InChI=1S/C10H13N3O2S2/c1-2-15-10(14)13-8(16)12-9-11-7(5-17-9)6-3-4-6/h5-6H,2-4H2,1H3,(H2,11,12,13,14,16). The molecule has 5 nitrogen and oxygen atoms in total. The molecule has 17 heavy (non-hydrogen) atoms. The first-order valence-corrected chi connectivity index (χ1v) is 6.68. The molecular formula is C10H13N3O2S2. The second kappa shape index (κ2) is 5.42. The Labute approximate surface area is 109 Å². The highest BCUT2D eigenvalue weighted by atomic mass is 32.1. The van der Waals surface area contributed by atoms with Gasteiger partial charge >= 0.3 is 6.09 Å². The third kappa shape index (κ3) is 3.64. The van der Waals surface area contributed by atoms with Crippen molar-refractivity contribution in [1.82, 2.24) is 10.3 Å². The molecule has 0 unspecified atom stereocenters. The summed E-state index contributed by atoms with van der Waals surface area (Å²) in [6.45, 7) is 2.05. The van der Waals surface area contributed by atoms with Crippen LogP contribution >= 0.6 is 23.6 Å². The van der Waals surface area contributed by atoms with Crippen LogP contribution in [0, 0.1) is 0 Å². The average molecular weight is 271 g/mol. The molecule has 0 bridgehead atoms. The molecule has 1 fully saturated rings. The van der Waals surface area contributed by atoms with Crippen molar-refractivity contribution in [3.8, 4) is 0 Å². The number of nitrogens with one attached hydrogen (secondary N) is 2. The number of carbonyl (C=O) groups is 1. The third-order valence-corrected chi connectivity index (χ3v) is 3.21. The van der Waals surface area contributed by atoms with E-state index in [-0.39, 0.29) is 5.11 Å². The summed E-state index contributed by atoms with van der Waals surface area (Å²) >= 11 is 6.45. The van der Waals surface area contributed by atoms with Crippen molar-refractivity contribution < 1.29 is 9.53 Å². The number of thiazole rings is 1. The molecule has 0 radical (unpaired) electrons. The Balaban J connectivity index is 1.82. The fourth-order valence-electron chi connectivity index (χ4n) is 1.30. The van der Waals surface area contributed by atoms with Crippen LogP contribution in [0.3, 0.4) is 0 Å². The van der Waals surface area contributed by atoms with E-state index in [4.69, 9.17) is 17.0 Å². The minimum atomic E-state index is -0.552. The van der Waals surface area contributed by atoms with Crippen molar-refractivity contribution in [3.63, 3.8) is 0 Å². The van der Waals surface area contributed by atoms with Gasteiger partial charge in [0.2, 0.25) is 0 Å². The Morgan fingerprint density at radius 3 is 3.12 bits per heavy atom. The normalized spacial score (nSPS) is 14.2. The molecule has 0 atom stereocenters. The monoisotopic (exact) mass is 271 g/mol. The molecule has 1 aromatic heterocycles. The van der Waals surface area contributed by atoms with Crippen LogP contribution in [-0.4, -0.2) is 22.8 Å². The lowest BCUT2D eigenvalue weighted by Crippen LogP contribution is -2.34. The van der Waals surface area contributed by atoms with Crippen molar-refractivity contribution in [3.05, 3.63) is 11.1 Å². The van der Waals surface area contributed by atoms with Gasteiger partial charge < -0.3 is 10.1 Å². The molecule has 0 spiro atoms. The van der Waals surface area contributed by atoms with Gasteiger partial charge in [-0.3, -0.25) is 5.32 Å². The van der Waals surface area contributed by atoms with E-state index in [1.54, 1.807) is 6.92 Å². The van der Waals surface area contributed by atoms with E-state index in [0.29, 0.717) is 17.7 Å². The molecule has 0 aliphatic heterocycles. The number of thiocarbonyl (C=S) groups is 1. The lowest BCUT2D eigenvalue weighted by Gasteiger charge is -2.06. The molecule has 7 heteroatoms. The van der Waals surface area contributed by atoms with E-state index in [1.165, 1.54) is 24.2 Å². The SMILES string of the molecule is CCOC(=O)NC(=S)Nc1nc(C2CC2)cs1. The lowest BCUT2D eigenvalue weighted by molar-refractivity contribution is 0.158. The number of hydrogen-bond donors (Lipinski definition) is 2. The van der Waals surface area contributed by atoms with Gasteiger partial charge in [-0.05, 0) is 32.0 Å². The molecule has 92 valence electrons. The first-order chi connectivity index (χ1) is 8.19. The Kier molecular flexibility index (Phi) is 3.90. The number of ether oxygens (including phenoxy) is 1. The lowest BCUT2D eigenvalue weighted by atomic mass is 10.3. The molecule has 1 aromatic rings. The Morgan fingerprint density at radius 1 is 1.71 bits per heavy atom. The molecule has 1 aliphatic carbocycles. The van der Waals surface area contributed by atoms with Gasteiger partial charge in [-0.1, -0.05) is 0 Å². The fraction of sp³-hybridized carbons (Fsp3) is 0.500. The highest BCUT2D eigenvalue weighted by molar-refractivity contribution is 7.80. The van der Waals surface area contributed by atoms with Crippen LogP contribution in [0.4, 0.5) is 9.93 Å². The average Bonchev–Trinajstić information content (AvgIpc) is 3.01. The molecule has 1 saturated carbocycles. The highest BCUT2D eigenvalue weighted by Gasteiger charge is 2.26. The Bertz CT molecular complexity index is 429. The molecule has 1 aliphatic rings. The summed E-state index contributed by atoms with van der Waals surface area (Å²) in [5.41, 5.74) is 1.11. The molecule has 2 N–H and O–H groups in total. The summed E-state index contributed by atoms with van der Waals surface area (Å²) < 4.78 is 4.71. The number of hydrogen-bond acceptors (Lipinski definition) is 5. The third-order valence-electron chi connectivity index (χ3n) is 2.23. The number of aromatic nitrogens is 1.